The van der Waals surface area contributed by atoms with Crippen LogP contribution in [0.3, 0.4) is 0 Å². The number of nitrogens with zero attached hydrogens (tertiary/aromatic N) is 4. The zero-order valence-corrected chi connectivity index (χ0v) is 19.8. The van der Waals surface area contributed by atoms with Gasteiger partial charge in [0.15, 0.2) is 0 Å². The molecule has 6 nitrogen and oxygen atoms in total. The number of hydrogen-bond acceptors (Lipinski definition) is 5. The van der Waals surface area contributed by atoms with Crippen LogP contribution in [0.2, 0.25) is 0 Å². The molecule has 0 bridgehead atoms. The highest BCUT2D eigenvalue weighted by Crippen LogP contribution is 2.40. The first-order chi connectivity index (χ1) is 17.2. The molecule has 7 heteroatoms. The van der Waals surface area contributed by atoms with Crippen molar-refractivity contribution in [3.05, 3.63) is 71.9 Å². The van der Waals surface area contributed by atoms with Crippen LogP contribution >= 0.6 is 11.3 Å². The number of imidazole rings is 2. The van der Waals surface area contributed by atoms with Gasteiger partial charge in [0.25, 0.3) is 0 Å². The zero-order valence-electron chi connectivity index (χ0n) is 19.0. The standard InChI is InChI=1S/C28H18N6S/c1-13-32-25-18-6-4-16(10-21(18)28-19(7-8-35-28)26(25)33-13)15-3-5-17-20(9-15)22-11-29-30-12-23(22)27-24(17)31-14(2)34-27/h3-12,29H,1-2H3,(H,32,33). The van der Waals surface area contributed by atoms with E-state index in [9.17, 15) is 0 Å². The summed E-state index contributed by atoms with van der Waals surface area (Å²) in [5.41, 5.74) is 6.34. The van der Waals surface area contributed by atoms with Gasteiger partial charge in [-0.05, 0) is 53.9 Å². The third-order valence-electron chi connectivity index (χ3n) is 6.97. The topological polar surface area (TPSA) is 83.1 Å². The van der Waals surface area contributed by atoms with Crippen LogP contribution in [0.4, 0.5) is 0 Å². The second kappa shape index (κ2) is 6.61. The molecular formula is C28H18N6S. The highest BCUT2D eigenvalue weighted by Gasteiger charge is 2.16. The average Bonchev–Trinajstić information content (AvgIpc) is 3.61. The van der Waals surface area contributed by atoms with Crippen molar-refractivity contribution in [2.24, 2.45) is 0 Å². The number of fused-ring (bicyclic) bond motifs is 12. The Bertz CT molecular complexity index is 2150. The van der Waals surface area contributed by atoms with E-state index in [4.69, 9.17) is 9.97 Å². The van der Waals surface area contributed by atoms with Gasteiger partial charge in [-0.25, -0.2) is 15.0 Å². The SMILES string of the molecule is Cc1nc2c3ccc(-c4ccc5c(c4)c4sccc4c4nc(C)[nH]c54)cc3c3c[nH]ncc3c2n1. The summed E-state index contributed by atoms with van der Waals surface area (Å²) in [4.78, 5) is 17.7. The van der Waals surface area contributed by atoms with Crippen LogP contribution in [-0.2, 0) is 0 Å². The number of aromatic amines is 2. The molecule has 0 aliphatic carbocycles. The molecule has 0 spiro atoms. The Hall–Kier alpha value is -4.36. The number of benzene rings is 4. The van der Waals surface area contributed by atoms with Gasteiger partial charge in [-0.1, -0.05) is 24.3 Å². The van der Waals surface area contributed by atoms with E-state index in [0.29, 0.717) is 0 Å². The van der Waals surface area contributed by atoms with Gasteiger partial charge in [0.2, 0.25) is 0 Å². The van der Waals surface area contributed by atoms with Gasteiger partial charge in [-0.2, -0.15) is 5.10 Å². The van der Waals surface area contributed by atoms with Crippen molar-refractivity contribution in [2.45, 2.75) is 13.8 Å². The molecule has 0 atom stereocenters. The molecule has 0 saturated carbocycles. The molecule has 35 heavy (non-hydrogen) atoms. The maximum Gasteiger partial charge on any atom is 0.126 e. The largest absolute Gasteiger partial charge is 0.342 e. The highest BCUT2D eigenvalue weighted by molar-refractivity contribution is 7.18. The van der Waals surface area contributed by atoms with Crippen LogP contribution in [-0.4, -0.2) is 30.1 Å². The molecule has 0 saturated heterocycles. The van der Waals surface area contributed by atoms with Crippen molar-refractivity contribution < 1.29 is 0 Å². The Kier molecular flexibility index (Phi) is 3.59. The Morgan fingerprint density at radius 3 is 2.31 bits per heavy atom. The van der Waals surface area contributed by atoms with E-state index in [-0.39, 0.29) is 0 Å². The van der Waals surface area contributed by atoms with Crippen molar-refractivity contribution in [3.63, 3.8) is 0 Å². The van der Waals surface area contributed by atoms with Gasteiger partial charge in [-0.3, -0.25) is 5.10 Å². The Morgan fingerprint density at radius 1 is 0.686 bits per heavy atom. The molecule has 0 aliphatic rings. The van der Waals surface area contributed by atoms with Crippen molar-refractivity contribution in [2.75, 3.05) is 0 Å². The summed E-state index contributed by atoms with van der Waals surface area (Å²) < 4.78 is 1.28. The number of aromatic nitrogens is 6. The Morgan fingerprint density at radius 2 is 1.46 bits per heavy atom. The summed E-state index contributed by atoms with van der Waals surface area (Å²) in [6.45, 7) is 3.95. The van der Waals surface area contributed by atoms with Gasteiger partial charge < -0.3 is 4.98 Å². The minimum atomic E-state index is 0.778. The van der Waals surface area contributed by atoms with Crippen molar-refractivity contribution >= 4 is 75.8 Å². The van der Waals surface area contributed by atoms with Crippen LogP contribution in [0.1, 0.15) is 11.6 Å². The van der Waals surface area contributed by atoms with Crippen LogP contribution in [0, 0.1) is 13.8 Å². The van der Waals surface area contributed by atoms with Crippen LogP contribution in [0.15, 0.2) is 60.2 Å². The van der Waals surface area contributed by atoms with Gasteiger partial charge in [0.1, 0.15) is 17.2 Å². The van der Waals surface area contributed by atoms with Gasteiger partial charge in [0.05, 0.1) is 22.7 Å². The van der Waals surface area contributed by atoms with Crippen LogP contribution in [0.5, 0.6) is 0 Å². The zero-order chi connectivity index (χ0) is 23.3. The lowest BCUT2D eigenvalue weighted by Crippen LogP contribution is -1.87. The van der Waals surface area contributed by atoms with Gasteiger partial charge >= 0.3 is 0 Å². The maximum atomic E-state index is 4.77. The molecule has 8 aromatic rings. The fourth-order valence-corrected chi connectivity index (χ4v) is 6.39. The lowest BCUT2D eigenvalue weighted by atomic mass is 9.95. The number of nitrogens with one attached hydrogen (secondary N) is 2. The molecule has 2 N–H and O–H groups in total. The summed E-state index contributed by atoms with van der Waals surface area (Å²) >= 11 is 1.77. The number of aryl methyl sites for hydroxylation is 2. The fourth-order valence-electron chi connectivity index (χ4n) is 5.46. The molecule has 4 aromatic carbocycles. The van der Waals surface area contributed by atoms with Crippen molar-refractivity contribution in [1.82, 2.24) is 30.1 Å². The molecule has 0 aliphatic heterocycles. The number of H-pyrrole nitrogens is 2. The molecular weight excluding hydrogens is 452 g/mol. The van der Waals surface area contributed by atoms with E-state index in [1.165, 1.54) is 32.0 Å². The summed E-state index contributed by atoms with van der Waals surface area (Å²) in [7, 11) is 0. The van der Waals surface area contributed by atoms with E-state index in [2.05, 4.69) is 68.0 Å². The molecule has 8 rings (SSSR count). The first kappa shape index (κ1) is 19.0. The average molecular weight is 471 g/mol. The minimum absolute atomic E-state index is 0.778. The highest BCUT2D eigenvalue weighted by atomic mass is 32.1. The normalized spacial score (nSPS) is 12.3. The predicted octanol–water partition coefficient (Wildman–Crippen LogP) is 7.19. The number of thiophene rings is 1. The van der Waals surface area contributed by atoms with E-state index in [0.717, 1.165) is 55.3 Å². The van der Waals surface area contributed by atoms with Gasteiger partial charge in [0, 0.05) is 43.2 Å². The molecule has 0 fully saturated rings. The number of hydrogen-bond donors (Lipinski definition) is 2. The molecule has 0 unspecified atom stereocenters. The molecule has 166 valence electrons. The molecule has 4 heterocycles. The lowest BCUT2D eigenvalue weighted by Gasteiger charge is -2.10. The summed E-state index contributed by atoms with van der Waals surface area (Å²) in [6.07, 6.45) is 3.80. The summed E-state index contributed by atoms with van der Waals surface area (Å²) in [6, 6.07) is 15.5. The van der Waals surface area contributed by atoms with E-state index in [1.54, 1.807) is 11.3 Å². The molecule has 4 aromatic heterocycles. The van der Waals surface area contributed by atoms with Crippen molar-refractivity contribution in [1.29, 1.82) is 0 Å². The van der Waals surface area contributed by atoms with Crippen LogP contribution in [0.25, 0.3) is 75.6 Å². The second-order valence-electron chi connectivity index (χ2n) is 9.06. The third-order valence-corrected chi connectivity index (χ3v) is 7.92. The Labute approximate surface area is 202 Å². The van der Waals surface area contributed by atoms with Crippen LogP contribution < -0.4 is 0 Å². The monoisotopic (exact) mass is 470 g/mol. The lowest BCUT2D eigenvalue weighted by molar-refractivity contribution is 1.05. The van der Waals surface area contributed by atoms with E-state index in [1.807, 2.05) is 26.2 Å². The smallest absolute Gasteiger partial charge is 0.126 e. The quantitative estimate of drug-likeness (QED) is 0.249. The second-order valence-corrected chi connectivity index (χ2v) is 9.97. The summed E-state index contributed by atoms with van der Waals surface area (Å²) in [5, 5.41) is 17.4. The minimum Gasteiger partial charge on any atom is -0.342 e. The fraction of sp³-hybridized carbons (Fsp3) is 0.0714. The predicted molar refractivity (Wildman–Crippen MR) is 144 cm³/mol. The van der Waals surface area contributed by atoms with E-state index < -0.39 is 0 Å². The molecule has 0 radical (unpaired) electrons. The van der Waals surface area contributed by atoms with E-state index >= 15 is 0 Å². The first-order valence-electron chi connectivity index (χ1n) is 11.5. The molecule has 0 amide bonds. The Balaban J connectivity index is 1.44. The van der Waals surface area contributed by atoms with Gasteiger partial charge in [-0.15, -0.1) is 11.3 Å². The maximum absolute atomic E-state index is 4.77. The summed E-state index contributed by atoms with van der Waals surface area (Å²) in [5.74, 6) is 1.72. The number of rotatable bonds is 1. The first-order valence-corrected chi connectivity index (χ1v) is 12.4. The third kappa shape index (κ3) is 2.53. The van der Waals surface area contributed by atoms with Crippen molar-refractivity contribution in [3.8, 4) is 11.1 Å².